The van der Waals surface area contributed by atoms with Crippen LogP contribution in [-0.2, 0) is 6.54 Å². The highest BCUT2D eigenvalue weighted by Crippen LogP contribution is 2.17. The normalized spacial score (nSPS) is 18.7. The van der Waals surface area contributed by atoms with Crippen LogP contribution in [0.5, 0.6) is 0 Å². The van der Waals surface area contributed by atoms with Crippen LogP contribution in [0.1, 0.15) is 56.6 Å². The van der Waals surface area contributed by atoms with Crippen LogP contribution < -0.4 is 5.32 Å². The summed E-state index contributed by atoms with van der Waals surface area (Å²) in [6, 6.07) is 9.27. The molecule has 0 spiro atoms. The Morgan fingerprint density at radius 2 is 1.70 bits per heavy atom. The van der Waals surface area contributed by atoms with Crippen LogP contribution in [0.25, 0.3) is 0 Å². The van der Waals surface area contributed by atoms with Crippen LogP contribution in [0.2, 0.25) is 0 Å². The first-order chi connectivity index (χ1) is 9.79. The quantitative estimate of drug-likeness (QED) is 0.849. The lowest BCUT2D eigenvalue weighted by Gasteiger charge is -2.20. The van der Waals surface area contributed by atoms with Gasteiger partial charge in [0, 0.05) is 13.1 Å². The molecule has 0 aromatic heterocycles. The molecule has 1 N–H and O–H groups in total. The van der Waals surface area contributed by atoms with Gasteiger partial charge in [-0.2, -0.15) is 0 Å². The molecule has 1 aromatic carbocycles. The van der Waals surface area contributed by atoms with Crippen molar-refractivity contribution in [3.63, 3.8) is 0 Å². The van der Waals surface area contributed by atoms with Gasteiger partial charge in [-0.15, -0.1) is 0 Å². The third-order valence-electron chi connectivity index (χ3n) is 4.35. The molecule has 112 valence electrons. The van der Waals surface area contributed by atoms with Gasteiger partial charge >= 0.3 is 0 Å². The van der Waals surface area contributed by atoms with Crippen molar-refractivity contribution in [1.29, 1.82) is 0 Å². The summed E-state index contributed by atoms with van der Waals surface area (Å²) in [7, 11) is 0. The summed E-state index contributed by atoms with van der Waals surface area (Å²) >= 11 is 0. The average molecular weight is 274 g/mol. The highest BCUT2D eigenvalue weighted by molar-refractivity contribution is 5.25. The lowest BCUT2D eigenvalue weighted by Crippen LogP contribution is -2.24. The molecule has 1 atom stereocenters. The topological polar surface area (TPSA) is 15.3 Å². The number of hydrogen-bond acceptors (Lipinski definition) is 2. The highest BCUT2D eigenvalue weighted by Gasteiger charge is 2.10. The average Bonchev–Trinajstić information content (AvgIpc) is 2.74. The van der Waals surface area contributed by atoms with Crippen LogP contribution in [0.3, 0.4) is 0 Å². The van der Waals surface area contributed by atoms with Crippen molar-refractivity contribution in [2.45, 2.75) is 52.0 Å². The van der Waals surface area contributed by atoms with Gasteiger partial charge < -0.3 is 5.32 Å². The molecule has 1 fully saturated rings. The van der Waals surface area contributed by atoms with Crippen LogP contribution in [-0.4, -0.2) is 31.1 Å². The Morgan fingerprint density at radius 3 is 2.30 bits per heavy atom. The van der Waals surface area contributed by atoms with E-state index in [-0.39, 0.29) is 0 Å². The third-order valence-corrected chi connectivity index (χ3v) is 4.35. The van der Waals surface area contributed by atoms with Gasteiger partial charge in [0.15, 0.2) is 0 Å². The van der Waals surface area contributed by atoms with Crippen LogP contribution in [0, 0.1) is 0 Å². The molecular formula is C18H30N2. The Kier molecular flexibility index (Phi) is 6.55. The lowest BCUT2D eigenvalue weighted by atomic mass is 9.99. The molecular weight excluding hydrogens is 244 g/mol. The minimum atomic E-state index is 0.599. The van der Waals surface area contributed by atoms with E-state index in [1.807, 2.05) is 0 Å². The first-order valence-corrected chi connectivity index (χ1v) is 8.31. The number of likely N-dealkylation sites (tertiary alicyclic amines) is 1. The van der Waals surface area contributed by atoms with Crippen LogP contribution in [0.15, 0.2) is 24.3 Å². The highest BCUT2D eigenvalue weighted by atomic mass is 15.1. The number of nitrogens with zero attached hydrogens (tertiary/aromatic N) is 1. The zero-order chi connectivity index (χ0) is 14.2. The second-order valence-electron chi connectivity index (χ2n) is 6.14. The van der Waals surface area contributed by atoms with E-state index < -0.39 is 0 Å². The fourth-order valence-electron chi connectivity index (χ4n) is 2.98. The third kappa shape index (κ3) is 4.92. The maximum Gasteiger partial charge on any atom is 0.0233 e. The van der Waals surface area contributed by atoms with Crippen molar-refractivity contribution in [2.75, 3.05) is 26.2 Å². The van der Waals surface area contributed by atoms with Crippen molar-refractivity contribution < 1.29 is 0 Å². The molecule has 1 aromatic rings. The Labute approximate surface area is 124 Å². The summed E-state index contributed by atoms with van der Waals surface area (Å²) in [4.78, 5) is 2.62. The summed E-state index contributed by atoms with van der Waals surface area (Å²) in [5.74, 6) is 0.599. The van der Waals surface area contributed by atoms with E-state index in [0.29, 0.717) is 5.92 Å². The zero-order valence-electron chi connectivity index (χ0n) is 13.2. The van der Waals surface area contributed by atoms with Gasteiger partial charge in [-0.25, -0.2) is 0 Å². The van der Waals surface area contributed by atoms with E-state index in [1.165, 1.54) is 49.9 Å². The second kappa shape index (κ2) is 8.43. The van der Waals surface area contributed by atoms with Gasteiger partial charge in [-0.1, -0.05) is 51.0 Å². The van der Waals surface area contributed by atoms with Crippen LogP contribution in [0.4, 0.5) is 0 Å². The summed E-state index contributed by atoms with van der Waals surface area (Å²) in [5.41, 5.74) is 2.91. The van der Waals surface area contributed by atoms with E-state index in [4.69, 9.17) is 0 Å². The maximum atomic E-state index is 3.43. The molecule has 2 heteroatoms. The molecule has 1 unspecified atom stereocenters. The largest absolute Gasteiger partial charge is 0.316 e. The predicted octanol–water partition coefficient (Wildman–Crippen LogP) is 3.78. The van der Waals surface area contributed by atoms with Gasteiger partial charge in [0.25, 0.3) is 0 Å². The number of benzene rings is 1. The fraction of sp³-hybridized carbons (Fsp3) is 0.667. The van der Waals surface area contributed by atoms with Gasteiger partial charge in [-0.3, -0.25) is 4.90 Å². The van der Waals surface area contributed by atoms with Crippen molar-refractivity contribution in [3.05, 3.63) is 35.4 Å². The van der Waals surface area contributed by atoms with E-state index in [1.54, 1.807) is 0 Å². The molecule has 0 radical (unpaired) electrons. The van der Waals surface area contributed by atoms with E-state index in [0.717, 1.165) is 19.6 Å². The van der Waals surface area contributed by atoms with Crippen molar-refractivity contribution in [1.82, 2.24) is 10.2 Å². The first-order valence-electron chi connectivity index (χ1n) is 8.31. The molecule has 20 heavy (non-hydrogen) atoms. The molecule has 1 heterocycles. The smallest absolute Gasteiger partial charge is 0.0233 e. The zero-order valence-corrected chi connectivity index (χ0v) is 13.2. The molecule has 0 bridgehead atoms. The van der Waals surface area contributed by atoms with Crippen molar-refractivity contribution in [3.8, 4) is 0 Å². The van der Waals surface area contributed by atoms with Gasteiger partial charge in [0.1, 0.15) is 0 Å². The maximum absolute atomic E-state index is 3.43. The summed E-state index contributed by atoms with van der Waals surface area (Å²) < 4.78 is 0. The molecule has 2 rings (SSSR count). The van der Waals surface area contributed by atoms with Gasteiger partial charge in [0.2, 0.25) is 0 Å². The molecule has 1 aliphatic heterocycles. The summed E-state index contributed by atoms with van der Waals surface area (Å²) in [5, 5.41) is 3.43. The lowest BCUT2D eigenvalue weighted by molar-refractivity contribution is 0.277. The molecule has 2 nitrogen and oxygen atoms in total. The number of nitrogens with one attached hydrogen (secondary N) is 1. The van der Waals surface area contributed by atoms with E-state index >= 15 is 0 Å². The standard InChI is InChI=1S/C18H30N2/c1-3-19-14-16(2)18-10-8-17(9-11-18)15-20-12-6-4-5-7-13-20/h8-11,16,19H,3-7,12-15H2,1-2H3. The van der Waals surface area contributed by atoms with E-state index in [2.05, 4.69) is 48.3 Å². The van der Waals surface area contributed by atoms with Crippen LogP contribution >= 0.6 is 0 Å². The Bertz CT molecular complexity index is 364. The Balaban J connectivity index is 1.87. The Morgan fingerprint density at radius 1 is 1.05 bits per heavy atom. The minimum Gasteiger partial charge on any atom is -0.316 e. The van der Waals surface area contributed by atoms with Crippen molar-refractivity contribution >= 4 is 0 Å². The first kappa shape index (κ1) is 15.5. The molecule has 0 saturated carbocycles. The monoisotopic (exact) mass is 274 g/mol. The molecule has 0 aliphatic carbocycles. The molecule has 1 aliphatic rings. The minimum absolute atomic E-state index is 0.599. The number of rotatable bonds is 6. The predicted molar refractivity (Wildman–Crippen MR) is 87.1 cm³/mol. The van der Waals surface area contributed by atoms with Crippen molar-refractivity contribution in [2.24, 2.45) is 0 Å². The summed E-state index contributed by atoms with van der Waals surface area (Å²) in [6.07, 6.45) is 5.57. The second-order valence-corrected chi connectivity index (χ2v) is 6.14. The molecule has 1 saturated heterocycles. The SMILES string of the molecule is CCNCC(C)c1ccc(CN2CCCCCC2)cc1. The Hall–Kier alpha value is -0.860. The number of hydrogen-bond donors (Lipinski definition) is 1. The fourth-order valence-corrected chi connectivity index (χ4v) is 2.98. The summed E-state index contributed by atoms with van der Waals surface area (Å²) in [6.45, 7) is 10.3. The van der Waals surface area contributed by atoms with Gasteiger partial charge in [0.05, 0.1) is 0 Å². The number of likely N-dealkylation sites (N-methyl/N-ethyl adjacent to an activating group) is 1. The van der Waals surface area contributed by atoms with Gasteiger partial charge in [-0.05, 0) is 49.5 Å². The van der Waals surface area contributed by atoms with E-state index in [9.17, 15) is 0 Å². The molecule has 0 amide bonds.